The summed E-state index contributed by atoms with van der Waals surface area (Å²) >= 11 is 9.98. The first-order valence-electron chi connectivity index (χ1n) is 15.2. The van der Waals surface area contributed by atoms with Gasteiger partial charge in [-0.25, -0.2) is 8.42 Å². The molecule has 0 radical (unpaired) electrons. The second-order valence-corrected chi connectivity index (χ2v) is 14.4. The number of aryl methyl sites for hydroxylation is 1. The van der Waals surface area contributed by atoms with Crippen molar-refractivity contribution in [3.05, 3.63) is 129 Å². The van der Waals surface area contributed by atoms with E-state index in [2.05, 4.69) is 21.2 Å². The summed E-state index contributed by atoms with van der Waals surface area (Å²) in [5.74, 6) is -0.825. The number of benzene rings is 4. The Morgan fingerprint density at radius 2 is 1.57 bits per heavy atom. The van der Waals surface area contributed by atoms with Crippen LogP contribution in [0.5, 0.6) is 0 Å². The number of carbonyl (C=O) groups is 2. The van der Waals surface area contributed by atoms with Crippen LogP contribution in [0.15, 0.2) is 106 Å². The van der Waals surface area contributed by atoms with Gasteiger partial charge in [0, 0.05) is 29.0 Å². The molecule has 0 spiro atoms. The zero-order valence-electron chi connectivity index (χ0n) is 26.2. The average molecular weight is 725 g/mol. The third-order valence-corrected chi connectivity index (χ3v) is 10.4. The van der Waals surface area contributed by atoms with Gasteiger partial charge in [-0.15, -0.1) is 0 Å². The van der Waals surface area contributed by atoms with E-state index in [-0.39, 0.29) is 29.5 Å². The van der Waals surface area contributed by atoms with E-state index in [1.165, 1.54) is 17.0 Å². The second kappa shape index (κ2) is 16.3. The van der Waals surface area contributed by atoms with Gasteiger partial charge in [0.25, 0.3) is 10.0 Å². The Bertz CT molecular complexity index is 1750. The smallest absolute Gasteiger partial charge is 0.264 e. The fraction of sp³-hybridized carbons (Fsp3) is 0.278. The van der Waals surface area contributed by atoms with Crippen molar-refractivity contribution in [2.24, 2.45) is 0 Å². The van der Waals surface area contributed by atoms with Gasteiger partial charge in [0.2, 0.25) is 11.8 Å². The van der Waals surface area contributed by atoms with Crippen molar-refractivity contribution in [3.63, 3.8) is 0 Å². The van der Waals surface area contributed by atoms with E-state index in [1.54, 1.807) is 37.3 Å². The molecule has 0 aliphatic carbocycles. The summed E-state index contributed by atoms with van der Waals surface area (Å²) in [6.07, 6.45) is 1.94. The lowest BCUT2D eigenvalue weighted by Gasteiger charge is -2.34. The van der Waals surface area contributed by atoms with Crippen LogP contribution in [-0.2, 0) is 32.6 Å². The Morgan fingerprint density at radius 1 is 0.891 bits per heavy atom. The summed E-state index contributed by atoms with van der Waals surface area (Å²) in [6, 6.07) is 27.6. The predicted molar refractivity (Wildman–Crippen MR) is 188 cm³/mol. The molecule has 242 valence electrons. The van der Waals surface area contributed by atoms with Crippen LogP contribution in [0.4, 0.5) is 5.69 Å². The van der Waals surface area contributed by atoms with E-state index in [0.29, 0.717) is 17.1 Å². The zero-order valence-corrected chi connectivity index (χ0v) is 29.4. The lowest BCUT2D eigenvalue weighted by Crippen LogP contribution is -2.53. The number of carbonyl (C=O) groups excluding carboxylic acids is 2. The molecule has 0 saturated heterocycles. The molecule has 0 heterocycles. The maximum absolute atomic E-state index is 14.6. The molecule has 0 aromatic heterocycles. The number of halogens is 2. The summed E-state index contributed by atoms with van der Waals surface area (Å²) in [5.41, 5.74) is 3.37. The number of nitrogens with zero attached hydrogens (tertiary/aromatic N) is 2. The number of unbranched alkanes of at least 4 members (excludes halogenated alkanes) is 1. The SMILES string of the molecule is CCCCNC(=O)[C@@H](Cc1ccccc1)N(Cc1cccc(Br)c1)C(=O)CN(c1cccc(Cl)c1C)S(=O)(=O)c1ccc(C)cc1. The van der Waals surface area contributed by atoms with Crippen LogP contribution < -0.4 is 9.62 Å². The number of hydrogen-bond acceptors (Lipinski definition) is 4. The van der Waals surface area contributed by atoms with E-state index >= 15 is 0 Å². The third kappa shape index (κ3) is 8.99. The zero-order chi connectivity index (χ0) is 33.3. The maximum atomic E-state index is 14.6. The lowest BCUT2D eigenvalue weighted by molar-refractivity contribution is -0.140. The predicted octanol–water partition coefficient (Wildman–Crippen LogP) is 7.47. The van der Waals surface area contributed by atoms with Gasteiger partial charge in [0.15, 0.2) is 0 Å². The van der Waals surface area contributed by atoms with Crippen molar-refractivity contribution in [2.75, 3.05) is 17.4 Å². The highest BCUT2D eigenvalue weighted by Crippen LogP contribution is 2.31. The molecule has 0 unspecified atom stereocenters. The summed E-state index contributed by atoms with van der Waals surface area (Å²) in [7, 11) is -4.22. The van der Waals surface area contributed by atoms with Crippen LogP contribution in [0.1, 0.15) is 42.0 Å². The average Bonchev–Trinajstić information content (AvgIpc) is 3.03. The van der Waals surface area contributed by atoms with E-state index in [0.717, 1.165) is 38.3 Å². The van der Waals surface area contributed by atoms with Gasteiger partial charge in [0.1, 0.15) is 12.6 Å². The Labute approximate surface area is 285 Å². The van der Waals surface area contributed by atoms with Crippen molar-refractivity contribution in [2.45, 2.75) is 57.5 Å². The lowest BCUT2D eigenvalue weighted by atomic mass is 10.0. The molecule has 0 bridgehead atoms. The molecule has 0 aliphatic rings. The molecular weight excluding hydrogens is 686 g/mol. The van der Waals surface area contributed by atoms with E-state index < -0.39 is 28.5 Å². The molecule has 10 heteroatoms. The van der Waals surface area contributed by atoms with Gasteiger partial charge in [-0.1, -0.05) is 107 Å². The van der Waals surface area contributed by atoms with Crippen molar-refractivity contribution in [3.8, 4) is 0 Å². The number of nitrogens with one attached hydrogen (secondary N) is 1. The molecule has 0 aliphatic heterocycles. The summed E-state index contributed by atoms with van der Waals surface area (Å²) < 4.78 is 30.5. The van der Waals surface area contributed by atoms with E-state index in [4.69, 9.17) is 11.6 Å². The fourth-order valence-electron chi connectivity index (χ4n) is 5.11. The second-order valence-electron chi connectivity index (χ2n) is 11.2. The molecule has 4 aromatic carbocycles. The Morgan fingerprint density at radius 3 is 2.24 bits per heavy atom. The van der Waals surface area contributed by atoms with Crippen LogP contribution in [0.2, 0.25) is 5.02 Å². The highest BCUT2D eigenvalue weighted by atomic mass is 79.9. The minimum Gasteiger partial charge on any atom is -0.354 e. The highest BCUT2D eigenvalue weighted by Gasteiger charge is 2.35. The molecule has 4 rings (SSSR count). The normalized spacial score (nSPS) is 11.9. The van der Waals surface area contributed by atoms with Gasteiger partial charge < -0.3 is 10.2 Å². The van der Waals surface area contributed by atoms with Gasteiger partial charge in [-0.2, -0.15) is 0 Å². The van der Waals surface area contributed by atoms with Crippen LogP contribution >= 0.6 is 27.5 Å². The Kier molecular flexibility index (Phi) is 12.4. The molecule has 2 amide bonds. The summed E-state index contributed by atoms with van der Waals surface area (Å²) in [4.78, 5) is 30.0. The van der Waals surface area contributed by atoms with Gasteiger partial charge in [-0.3, -0.25) is 13.9 Å². The van der Waals surface area contributed by atoms with Crippen LogP contribution in [-0.4, -0.2) is 44.3 Å². The largest absolute Gasteiger partial charge is 0.354 e. The molecular formula is C36H39BrClN3O4S. The summed E-state index contributed by atoms with van der Waals surface area (Å²) in [6.45, 7) is 5.64. The molecule has 46 heavy (non-hydrogen) atoms. The Hall–Kier alpha value is -3.66. The molecule has 1 N–H and O–H groups in total. The maximum Gasteiger partial charge on any atom is 0.264 e. The van der Waals surface area contributed by atoms with Crippen LogP contribution in [0.25, 0.3) is 0 Å². The van der Waals surface area contributed by atoms with Crippen molar-refractivity contribution in [1.29, 1.82) is 0 Å². The number of sulfonamides is 1. The number of anilines is 1. The molecule has 4 aromatic rings. The minimum atomic E-state index is -4.22. The topological polar surface area (TPSA) is 86.8 Å². The number of amides is 2. The number of hydrogen-bond donors (Lipinski definition) is 1. The first-order valence-corrected chi connectivity index (χ1v) is 17.8. The van der Waals surface area contributed by atoms with E-state index in [9.17, 15) is 18.0 Å². The van der Waals surface area contributed by atoms with Gasteiger partial charge in [-0.05, 0) is 73.4 Å². The molecule has 0 saturated carbocycles. The van der Waals surface area contributed by atoms with Crippen molar-refractivity contribution >= 4 is 55.1 Å². The quantitative estimate of drug-likeness (QED) is 0.137. The molecule has 0 fully saturated rings. The van der Waals surface area contributed by atoms with Crippen LogP contribution in [0.3, 0.4) is 0 Å². The van der Waals surface area contributed by atoms with Gasteiger partial charge in [0.05, 0.1) is 10.6 Å². The van der Waals surface area contributed by atoms with Gasteiger partial charge >= 0.3 is 0 Å². The molecule has 7 nitrogen and oxygen atoms in total. The van der Waals surface area contributed by atoms with E-state index in [1.807, 2.05) is 68.4 Å². The first kappa shape index (κ1) is 35.2. The first-order chi connectivity index (χ1) is 22.0. The summed E-state index contributed by atoms with van der Waals surface area (Å²) in [5, 5.41) is 3.38. The number of rotatable bonds is 14. The Balaban J connectivity index is 1.82. The monoisotopic (exact) mass is 723 g/mol. The fourth-order valence-corrected chi connectivity index (χ4v) is 7.20. The standard InChI is InChI=1S/C36H39BrClN3O4S/c1-4-5-21-39-36(43)34(23-28-11-7-6-8-12-28)40(24-29-13-9-14-30(37)22-29)35(42)25-41(33-16-10-15-32(38)27(33)3)46(44,45)31-19-17-26(2)18-20-31/h6-20,22,34H,4-5,21,23-25H2,1-3H3,(H,39,43)/t34-/m1/s1. The van der Waals surface area contributed by atoms with Crippen molar-refractivity contribution < 1.29 is 18.0 Å². The third-order valence-electron chi connectivity index (χ3n) is 7.74. The highest BCUT2D eigenvalue weighted by molar-refractivity contribution is 9.10. The van der Waals surface area contributed by atoms with Crippen molar-refractivity contribution in [1.82, 2.24) is 10.2 Å². The minimum absolute atomic E-state index is 0.0435. The van der Waals surface area contributed by atoms with Crippen LogP contribution in [0, 0.1) is 13.8 Å². The molecule has 1 atom stereocenters.